The number of unbranched alkanes of at least 4 members (excludes halogenated alkanes) is 12. The van der Waals surface area contributed by atoms with Crippen LogP contribution in [-0.4, -0.2) is 8.42 Å². The minimum atomic E-state index is -2.91. The number of rotatable bonds is 18. The molecule has 0 amide bonds. The van der Waals surface area contributed by atoms with Gasteiger partial charge in [0, 0.05) is 5.39 Å². The Kier molecular flexibility index (Phi) is 13.5. The Hall–Kier alpha value is -1.55. The lowest BCUT2D eigenvalue weighted by atomic mass is 9.93. The summed E-state index contributed by atoms with van der Waals surface area (Å²) in [6.45, 7) is 4.52. The summed E-state index contributed by atoms with van der Waals surface area (Å²) < 4.78 is 27.4. The lowest BCUT2D eigenvalue weighted by molar-refractivity contribution is 0.513. The molecule has 0 saturated carbocycles. The highest BCUT2D eigenvalue weighted by Gasteiger charge is 2.10. The maximum absolute atomic E-state index is 11.2. The van der Waals surface area contributed by atoms with Crippen molar-refractivity contribution in [2.45, 2.75) is 117 Å². The molecule has 32 heavy (non-hydrogen) atoms. The van der Waals surface area contributed by atoms with Gasteiger partial charge in [-0.1, -0.05) is 109 Å². The van der Waals surface area contributed by atoms with Crippen LogP contribution in [0.4, 0.5) is 0 Å². The standard InChI is InChI=1S/C28H44O3S/c1-3-5-7-9-11-13-15-18-24-22-26-20-17-21-28(31-32(29)30)27(26)23-25(24)19-16-14-12-10-8-6-4-2/h17,20-23,32H,3-16,18-19H2,1-2H3. The summed E-state index contributed by atoms with van der Waals surface area (Å²) in [5.41, 5.74) is 2.80. The first-order valence-corrected chi connectivity index (χ1v) is 14.1. The van der Waals surface area contributed by atoms with Crippen LogP contribution in [0.15, 0.2) is 30.3 Å². The van der Waals surface area contributed by atoms with Gasteiger partial charge >= 0.3 is 0 Å². The maximum atomic E-state index is 11.2. The second kappa shape index (κ2) is 16.1. The molecule has 0 spiro atoms. The topological polar surface area (TPSA) is 43.4 Å². The summed E-state index contributed by atoms with van der Waals surface area (Å²) in [6.07, 6.45) is 20.5. The van der Waals surface area contributed by atoms with Crippen molar-refractivity contribution in [1.29, 1.82) is 0 Å². The van der Waals surface area contributed by atoms with E-state index in [9.17, 15) is 8.42 Å². The lowest BCUT2D eigenvalue weighted by Crippen LogP contribution is -1.98. The Morgan fingerprint density at radius 1 is 0.656 bits per heavy atom. The monoisotopic (exact) mass is 460 g/mol. The molecule has 0 saturated heterocycles. The molecule has 0 fully saturated rings. The summed E-state index contributed by atoms with van der Waals surface area (Å²) in [5.74, 6) is 0.446. The summed E-state index contributed by atoms with van der Waals surface area (Å²) in [6, 6.07) is 10.2. The van der Waals surface area contributed by atoms with Crippen molar-refractivity contribution in [2.75, 3.05) is 0 Å². The van der Waals surface area contributed by atoms with Crippen LogP contribution < -0.4 is 4.18 Å². The van der Waals surface area contributed by atoms with Gasteiger partial charge in [-0.25, -0.2) is 0 Å². The van der Waals surface area contributed by atoms with E-state index in [2.05, 4.69) is 32.0 Å². The molecular formula is C28H44O3S. The van der Waals surface area contributed by atoms with Crippen molar-refractivity contribution in [3.63, 3.8) is 0 Å². The molecule has 0 aliphatic rings. The molecule has 0 heterocycles. The Labute approximate surface area is 198 Å². The van der Waals surface area contributed by atoms with Crippen LogP contribution in [0.1, 0.15) is 115 Å². The third-order valence-corrected chi connectivity index (χ3v) is 6.78. The molecule has 0 aliphatic heterocycles. The Bertz CT molecular complexity index is 849. The maximum Gasteiger partial charge on any atom is 0.299 e. The molecule has 0 atom stereocenters. The van der Waals surface area contributed by atoms with Gasteiger partial charge < -0.3 is 4.18 Å². The minimum Gasteiger partial charge on any atom is -0.384 e. The van der Waals surface area contributed by atoms with Gasteiger partial charge in [-0.15, -0.1) is 0 Å². The van der Waals surface area contributed by atoms with E-state index < -0.39 is 11.0 Å². The van der Waals surface area contributed by atoms with Crippen LogP contribution in [0, 0.1) is 0 Å². The first-order valence-electron chi connectivity index (χ1n) is 13.0. The first kappa shape index (κ1) is 26.7. The van der Waals surface area contributed by atoms with Gasteiger partial charge in [0.1, 0.15) is 5.75 Å². The van der Waals surface area contributed by atoms with E-state index >= 15 is 0 Å². The van der Waals surface area contributed by atoms with E-state index in [0.717, 1.165) is 23.6 Å². The highest BCUT2D eigenvalue weighted by molar-refractivity contribution is 7.67. The Morgan fingerprint density at radius 3 is 1.69 bits per heavy atom. The minimum absolute atomic E-state index is 0.446. The molecule has 180 valence electrons. The number of benzene rings is 2. The van der Waals surface area contributed by atoms with Gasteiger partial charge in [-0.3, -0.25) is 0 Å². The van der Waals surface area contributed by atoms with Crippen LogP contribution in [0.2, 0.25) is 0 Å². The fourth-order valence-electron chi connectivity index (χ4n) is 4.56. The zero-order chi connectivity index (χ0) is 23.0. The van der Waals surface area contributed by atoms with E-state index in [-0.39, 0.29) is 0 Å². The fourth-order valence-corrected chi connectivity index (χ4v) is 4.88. The van der Waals surface area contributed by atoms with Crippen molar-refractivity contribution in [2.24, 2.45) is 0 Å². The molecule has 0 radical (unpaired) electrons. The molecule has 2 aromatic rings. The zero-order valence-corrected chi connectivity index (χ0v) is 21.3. The average molecular weight is 461 g/mol. The number of fused-ring (bicyclic) bond motifs is 1. The Balaban J connectivity index is 2.04. The van der Waals surface area contributed by atoms with Crippen molar-refractivity contribution in [1.82, 2.24) is 0 Å². The van der Waals surface area contributed by atoms with Crippen LogP contribution in [0.3, 0.4) is 0 Å². The van der Waals surface area contributed by atoms with Gasteiger partial charge in [-0.05, 0) is 54.3 Å². The number of hydrogen-bond acceptors (Lipinski definition) is 3. The molecule has 2 rings (SSSR count). The van der Waals surface area contributed by atoms with Crippen LogP contribution in [0.5, 0.6) is 5.75 Å². The van der Waals surface area contributed by atoms with Gasteiger partial charge in [0.15, 0.2) is 0 Å². The largest absolute Gasteiger partial charge is 0.384 e. The van der Waals surface area contributed by atoms with E-state index in [1.807, 2.05) is 6.07 Å². The fraction of sp³-hybridized carbons (Fsp3) is 0.643. The molecule has 0 N–H and O–H groups in total. The SMILES string of the molecule is CCCCCCCCCc1cc2cccc(O[SH](=O)=O)c2cc1CCCCCCCCC. The molecule has 4 heteroatoms. The van der Waals surface area contributed by atoms with E-state index in [4.69, 9.17) is 4.18 Å². The molecule has 3 nitrogen and oxygen atoms in total. The normalized spacial score (nSPS) is 11.5. The molecule has 0 aromatic heterocycles. The molecule has 0 unspecified atom stereocenters. The zero-order valence-electron chi connectivity index (χ0n) is 20.4. The van der Waals surface area contributed by atoms with E-state index in [0.29, 0.717) is 5.75 Å². The summed E-state index contributed by atoms with van der Waals surface area (Å²) in [4.78, 5) is 0. The number of thiol groups is 1. The first-order chi connectivity index (χ1) is 15.7. The van der Waals surface area contributed by atoms with Crippen molar-refractivity contribution in [3.8, 4) is 5.75 Å². The van der Waals surface area contributed by atoms with Crippen LogP contribution in [0.25, 0.3) is 10.8 Å². The summed E-state index contributed by atoms with van der Waals surface area (Å²) in [5, 5.41) is 1.98. The quantitative estimate of drug-likeness (QED) is 0.180. The summed E-state index contributed by atoms with van der Waals surface area (Å²) in [7, 11) is -2.91. The highest BCUT2D eigenvalue weighted by Crippen LogP contribution is 2.30. The van der Waals surface area contributed by atoms with Crippen molar-refractivity contribution in [3.05, 3.63) is 41.5 Å². The lowest BCUT2D eigenvalue weighted by Gasteiger charge is -2.14. The smallest absolute Gasteiger partial charge is 0.299 e. The number of aryl methyl sites for hydroxylation is 2. The Morgan fingerprint density at radius 2 is 1.16 bits per heavy atom. The van der Waals surface area contributed by atoms with Gasteiger partial charge in [0.2, 0.25) is 0 Å². The van der Waals surface area contributed by atoms with Crippen LogP contribution >= 0.6 is 0 Å². The van der Waals surface area contributed by atoms with Crippen molar-refractivity contribution >= 4 is 21.8 Å². The van der Waals surface area contributed by atoms with Crippen molar-refractivity contribution < 1.29 is 12.6 Å². The number of hydrogen-bond donors (Lipinski definition) is 1. The predicted octanol–water partition coefficient (Wildman–Crippen LogP) is 8.33. The molecular weight excluding hydrogens is 416 g/mol. The van der Waals surface area contributed by atoms with Gasteiger partial charge in [0.25, 0.3) is 11.0 Å². The second-order valence-corrected chi connectivity index (χ2v) is 9.79. The third-order valence-electron chi connectivity index (χ3n) is 6.43. The summed E-state index contributed by atoms with van der Waals surface area (Å²) >= 11 is 0. The van der Waals surface area contributed by atoms with Gasteiger partial charge in [0.05, 0.1) is 0 Å². The molecule has 0 bridgehead atoms. The van der Waals surface area contributed by atoms with E-state index in [1.54, 1.807) is 6.07 Å². The van der Waals surface area contributed by atoms with Crippen LogP contribution in [-0.2, 0) is 23.8 Å². The molecule has 0 aliphatic carbocycles. The van der Waals surface area contributed by atoms with Gasteiger partial charge in [-0.2, -0.15) is 8.42 Å². The predicted molar refractivity (Wildman–Crippen MR) is 138 cm³/mol. The molecule has 2 aromatic carbocycles. The third kappa shape index (κ3) is 9.94. The average Bonchev–Trinajstić information content (AvgIpc) is 2.78. The highest BCUT2D eigenvalue weighted by atomic mass is 32.2. The second-order valence-electron chi connectivity index (χ2n) is 9.16. The van der Waals surface area contributed by atoms with E-state index in [1.165, 1.54) is 101 Å².